The van der Waals surface area contributed by atoms with Crippen LogP contribution in [0.2, 0.25) is 0 Å². The summed E-state index contributed by atoms with van der Waals surface area (Å²) in [6.07, 6.45) is 0. The molecule has 0 saturated heterocycles. The van der Waals surface area contributed by atoms with Crippen molar-refractivity contribution in [3.05, 3.63) is 72.3 Å². The summed E-state index contributed by atoms with van der Waals surface area (Å²) in [7, 11) is 1.71. The van der Waals surface area contributed by atoms with Gasteiger partial charge in [-0.2, -0.15) is 5.26 Å². The van der Waals surface area contributed by atoms with Crippen LogP contribution in [0.3, 0.4) is 0 Å². The van der Waals surface area contributed by atoms with Crippen molar-refractivity contribution >= 4 is 22.4 Å². The third-order valence-electron chi connectivity index (χ3n) is 3.85. The molecule has 3 aromatic carbocycles. The van der Waals surface area contributed by atoms with E-state index in [2.05, 4.69) is 6.07 Å². The van der Waals surface area contributed by atoms with Crippen LogP contribution < -0.4 is 9.64 Å². The van der Waals surface area contributed by atoms with Crippen LogP contribution in [0, 0.1) is 11.3 Å². The van der Waals surface area contributed by atoms with E-state index >= 15 is 0 Å². The number of likely N-dealkylation sites (N-methyl/N-ethyl adjacent to an activating group) is 1. The number of benzene rings is 3. The molecule has 4 nitrogen and oxygen atoms in total. The lowest BCUT2D eigenvalue weighted by Gasteiger charge is -2.18. The summed E-state index contributed by atoms with van der Waals surface area (Å²) < 4.78 is 5.51. The van der Waals surface area contributed by atoms with Gasteiger partial charge in [-0.3, -0.25) is 4.79 Å². The van der Waals surface area contributed by atoms with Crippen LogP contribution in [0.4, 0.5) is 5.69 Å². The molecule has 3 aromatic rings. The van der Waals surface area contributed by atoms with E-state index in [4.69, 9.17) is 10.00 Å². The highest BCUT2D eigenvalue weighted by molar-refractivity contribution is 5.96. The Balaban J connectivity index is 1.73. The number of fused-ring (bicyclic) bond motifs is 1. The molecule has 0 spiro atoms. The number of carbonyl (C=O) groups excluding carboxylic acids is 1. The first-order valence-electron chi connectivity index (χ1n) is 7.56. The van der Waals surface area contributed by atoms with Crippen molar-refractivity contribution in [3.63, 3.8) is 0 Å². The van der Waals surface area contributed by atoms with Crippen molar-refractivity contribution < 1.29 is 9.53 Å². The molecule has 0 N–H and O–H groups in total. The van der Waals surface area contributed by atoms with Crippen molar-refractivity contribution in [1.29, 1.82) is 5.26 Å². The van der Waals surface area contributed by atoms with Gasteiger partial charge in [0, 0.05) is 12.7 Å². The maximum Gasteiger partial charge on any atom is 0.264 e. The molecule has 0 aliphatic carbocycles. The number of hydrogen-bond acceptors (Lipinski definition) is 3. The molecule has 0 heterocycles. The fourth-order valence-electron chi connectivity index (χ4n) is 2.45. The quantitative estimate of drug-likeness (QED) is 0.736. The monoisotopic (exact) mass is 316 g/mol. The van der Waals surface area contributed by atoms with E-state index in [1.807, 2.05) is 42.5 Å². The summed E-state index contributed by atoms with van der Waals surface area (Å²) >= 11 is 0. The number of ether oxygens (including phenoxy) is 1. The summed E-state index contributed by atoms with van der Waals surface area (Å²) in [4.78, 5) is 13.9. The largest absolute Gasteiger partial charge is 0.482 e. The second kappa shape index (κ2) is 6.84. The number of nitriles is 1. The van der Waals surface area contributed by atoms with E-state index in [1.165, 1.54) is 0 Å². The Morgan fingerprint density at radius 3 is 2.54 bits per heavy atom. The first-order valence-corrected chi connectivity index (χ1v) is 7.56. The van der Waals surface area contributed by atoms with Crippen LogP contribution in [-0.4, -0.2) is 19.6 Å². The zero-order valence-electron chi connectivity index (χ0n) is 13.3. The van der Waals surface area contributed by atoms with Crippen molar-refractivity contribution in [3.8, 4) is 11.8 Å². The molecule has 0 aliphatic rings. The van der Waals surface area contributed by atoms with Crippen LogP contribution in [0.15, 0.2) is 66.7 Å². The van der Waals surface area contributed by atoms with Crippen molar-refractivity contribution in [2.45, 2.75) is 0 Å². The van der Waals surface area contributed by atoms with E-state index in [1.54, 1.807) is 36.2 Å². The molecule has 0 aromatic heterocycles. The maximum absolute atomic E-state index is 12.4. The molecule has 0 unspecified atom stereocenters. The van der Waals surface area contributed by atoms with Gasteiger partial charge in [0.1, 0.15) is 11.8 Å². The average Bonchev–Trinajstić information content (AvgIpc) is 2.65. The van der Waals surface area contributed by atoms with E-state index in [0.717, 1.165) is 16.5 Å². The number of nitrogens with zero attached hydrogens (tertiary/aromatic N) is 2. The van der Waals surface area contributed by atoms with E-state index in [0.29, 0.717) is 11.3 Å². The fourth-order valence-corrected chi connectivity index (χ4v) is 2.45. The lowest BCUT2D eigenvalue weighted by atomic mass is 10.1. The highest BCUT2D eigenvalue weighted by atomic mass is 16.5. The van der Waals surface area contributed by atoms with Crippen LogP contribution in [0.1, 0.15) is 5.56 Å². The van der Waals surface area contributed by atoms with Gasteiger partial charge in [0.05, 0.1) is 5.56 Å². The first kappa shape index (κ1) is 15.6. The third kappa shape index (κ3) is 3.21. The lowest BCUT2D eigenvalue weighted by molar-refractivity contribution is -0.120. The normalized spacial score (nSPS) is 10.2. The van der Waals surface area contributed by atoms with Crippen LogP contribution in [0.5, 0.6) is 5.75 Å². The SMILES string of the molecule is CN(C(=O)COc1ccccc1C#N)c1ccc2ccccc2c1. The Bertz CT molecular complexity index is 928. The molecule has 3 rings (SSSR count). The zero-order valence-corrected chi connectivity index (χ0v) is 13.3. The number of carbonyl (C=O) groups is 1. The van der Waals surface area contributed by atoms with Crippen LogP contribution in [0.25, 0.3) is 10.8 Å². The smallest absolute Gasteiger partial charge is 0.264 e. The minimum Gasteiger partial charge on any atom is -0.482 e. The number of para-hydroxylation sites is 1. The Morgan fingerprint density at radius 2 is 1.75 bits per heavy atom. The van der Waals surface area contributed by atoms with Gasteiger partial charge < -0.3 is 9.64 Å². The molecule has 0 aliphatic heterocycles. The Labute approximate surface area is 140 Å². The molecular weight excluding hydrogens is 300 g/mol. The molecule has 0 fully saturated rings. The highest BCUT2D eigenvalue weighted by Gasteiger charge is 2.13. The second-order valence-corrected chi connectivity index (χ2v) is 5.38. The maximum atomic E-state index is 12.4. The Hall–Kier alpha value is -3.32. The van der Waals surface area contributed by atoms with Gasteiger partial charge in [-0.1, -0.05) is 42.5 Å². The van der Waals surface area contributed by atoms with Gasteiger partial charge in [-0.25, -0.2) is 0 Å². The minimum absolute atomic E-state index is 0.123. The molecule has 4 heteroatoms. The van der Waals surface area contributed by atoms with Gasteiger partial charge >= 0.3 is 0 Å². The number of anilines is 1. The zero-order chi connectivity index (χ0) is 16.9. The molecule has 1 amide bonds. The molecule has 0 bridgehead atoms. The van der Waals surface area contributed by atoms with Gasteiger partial charge in [0.15, 0.2) is 6.61 Å². The minimum atomic E-state index is -0.182. The molecule has 0 atom stereocenters. The lowest BCUT2D eigenvalue weighted by Crippen LogP contribution is -2.31. The summed E-state index contributed by atoms with van der Waals surface area (Å²) in [5.41, 5.74) is 1.22. The molecule has 24 heavy (non-hydrogen) atoms. The topological polar surface area (TPSA) is 53.3 Å². The van der Waals surface area contributed by atoms with Crippen LogP contribution in [-0.2, 0) is 4.79 Å². The predicted molar refractivity (Wildman–Crippen MR) is 94.0 cm³/mol. The molecule has 0 radical (unpaired) electrons. The number of hydrogen-bond donors (Lipinski definition) is 0. The summed E-state index contributed by atoms with van der Waals surface area (Å²) in [5, 5.41) is 11.2. The van der Waals surface area contributed by atoms with Crippen molar-refractivity contribution in [1.82, 2.24) is 0 Å². The third-order valence-corrected chi connectivity index (χ3v) is 3.85. The summed E-state index contributed by atoms with van der Waals surface area (Å²) in [6, 6.07) is 22.8. The molecule has 0 saturated carbocycles. The number of amides is 1. The Morgan fingerprint density at radius 1 is 1.04 bits per heavy atom. The van der Waals surface area contributed by atoms with Crippen LogP contribution >= 0.6 is 0 Å². The fraction of sp³-hybridized carbons (Fsp3) is 0.100. The van der Waals surface area contributed by atoms with E-state index in [-0.39, 0.29) is 12.5 Å². The van der Waals surface area contributed by atoms with Gasteiger partial charge in [0.25, 0.3) is 5.91 Å². The predicted octanol–water partition coefficient (Wildman–Crippen LogP) is 3.75. The van der Waals surface area contributed by atoms with E-state index in [9.17, 15) is 4.79 Å². The van der Waals surface area contributed by atoms with Crippen molar-refractivity contribution in [2.75, 3.05) is 18.6 Å². The standard InChI is InChI=1S/C20H16N2O2/c1-22(18-11-10-15-6-2-3-7-16(15)12-18)20(23)14-24-19-9-5-4-8-17(19)13-21/h2-12H,14H2,1H3. The number of rotatable bonds is 4. The van der Waals surface area contributed by atoms with Gasteiger partial charge in [-0.05, 0) is 35.0 Å². The van der Waals surface area contributed by atoms with Gasteiger partial charge in [-0.15, -0.1) is 0 Å². The summed E-state index contributed by atoms with van der Waals surface area (Å²) in [5.74, 6) is 0.235. The Kier molecular flexibility index (Phi) is 4.44. The van der Waals surface area contributed by atoms with Gasteiger partial charge in [0.2, 0.25) is 0 Å². The second-order valence-electron chi connectivity index (χ2n) is 5.38. The summed E-state index contributed by atoms with van der Waals surface area (Å²) in [6.45, 7) is -0.123. The first-order chi connectivity index (χ1) is 11.7. The van der Waals surface area contributed by atoms with E-state index < -0.39 is 0 Å². The average molecular weight is 316 g/mol. The van der Waals surface area contributed by atoms with Crippen molar-refractivity contribution in [2.24, 2.45) is 0 Å². The molecular formula is C20H16N2O2. The highest BCUT2D eigenvalue weighted by Crippen LogP contribution is 2.22. The molecule has 118 valence electrons.